The van der Waals surface area contributed by atoms with Gasteiger partial charge < -0.3 is 16.2 Å². The summed E-state index contributed by atoms with van der Waals surface area (Å²) in [5.74, 6) is -0.215. The monoisotopic (exact) mass is 325 g/mol. The number of aromatic nitrogens is 1. The highest BCUT2D eigenvalue weighted by Crippen LogP contribution is 2.32. The normalized spacial score (nSPS) is 14.1. The Balaban J connectivity index is 2.25. The van der Waals surface area contributed by atoms with E-state index in [9.17, 15) is 9.90 Å². The van der Waals surface area contributed by atoms with Gasteiger partial charge in [-0.25, -0.2) is 4.98 Å². The van der Waals surface area contributed by atoms with Gasteiger partial charge in [0, 0.05) is 22.4 Å². The average molecular weight is 325 g/mol. The molecule has 0 saturated carbocycles. The predicted molar refractivity (Wildman–Crippen MR) is 90.1 cm³/mol. The van der Waals surface area contributed by atoms with E-state index in [0.717, 1.165) is 15.9 Å². The van der Waals surface area contributed by atoms with E-state index in [2.05, 4.69) is 10.3 Å². The van der Waals surface area contributed by atoms with Crippen LogP contribution < -0.4 is 11.1 Å². The zero-order valence-electron chi connectivity index (χ0n) is 12.2. The van der Waals surface area contributed by atoms with Crippen LogP contribution in [-0.4, -0.2) is 40.2 Å². The molecule has 2 rings (SSSR count). The third-order valence-corrected chi connectivity index (χ3v) is 5.62. The summed E-state index contributed by atoms with van der Waals surface area (Å²) in [6.45, 7) is 3.80. The Kier molecular flexibility index (Phi) is 5.08. The molecule has 0 radical (unpaired) electrons. The number of thiophene rings is 1. The summed E-state index contributed by atoms with van der Waals surface area (Å²) in [6.07, 6.45) is 1.91. The fourth-order valence-corrected chi connectivity index (χ4v) is 3.73. The lowest BCUT2D eigenvalue weighted by Crippen LogP contribution is -2.41. The first-order valence-corrected chi connectivity index (χ1v) is 8.68. The summed E-state index contributed by atoms with van der Waals surface area (Å²) in [5.41, 5.74) is 7.43. The fraction of sp³-hybridized carbons (Fsp3) is 0.429. The van der Waals surface area contributed by atoms with E-state index >= 15 is 0 Å². The van der Waals surface area contributed by atoms with Crippen molar-refractivity contribution in [2.45, 2.75) is 25.1 Å². The number of pyridine rings is 1. The fourth-order valence-electron chi connectivity index (χ4n) is 2.06. The van der Waals surface area contributed by atoms with Crippen LogP contribution in [0.15, 0.2) is 12.1 Å². The van der Waals surface area contributed by atoms with E-state index in [4.69, 9.17) is 5.73 Å². The lowest BCUT2D eigenvalue weighted by atomic mass is 10.2. The zero-order valence-corrected chi connectivity index (χ0v) is 13.8. The molecule has 2 aromatic rings. The Morgan fingerprint density at radius 3 is 2.90 bits per heavy atom. The van der Waals surface area contributed by atoms with Crippen molar-refractivity contribution in [3.63, 3.8) is 0 Å². The van der Waals surface area contributed by atoms with Crippen molar-refractivity contribution in [3.05, 3.63) is 22.7 Å². The maximum Gasteiger partial charge on any atom is 0.263 e. The molecule has 0 bridgehead atoms. The number of nitrogens with one attached hydrogen (secondary N) is 1. The standard InChI is InChI=1S/C14H19N3O2S2/c1-7-4-5-9-11(15)12(21-14(9)16-7)13(19)17-8(2)10(6-18)20-3/h4-5,8,10,18H,6,15H2,1-3H3,(H,17,19). The first-order chi connectivity index (χ1) is 9.97. The van der Waals surface area contributed by atoms with Gasteiger partial charge in [-0.15, -0.1) is 11.3 Å². The molecule has 7 heteroatoms. The molecule has 0 aliphatic heterocycles. The number of hydrogen-bond donors (Lipinski definition) is 3. The Morgan fingerprint density at radius 1 is 1.57 bits per heavy atom. The molecule has 0 spiro atoms. The second-order valence-electron chi connectivity index (χ2n) is 4.87. The second-order valence-corrected chi connectivity index (χ2v) is 6.95. The number of nitrogens with zero attached hydrogens (tertiary/aromatic N) is 1. The highest BCUT2D eigenvalue weighted by molar-refractivity contribution is 7.99. The van der Waals surface area contributed by atoms with Gasteiger partial charge in [0.1, 0.15) is 9.71 Å². The van der Waals surface area contributed by atoms with Crippen LogP contribution >= 0.6 is 23.1 Å². The van der Waals surface area contributed by atoms with Gasteiger partial charge in [-0.1, -0.05) is 0 Å². The second kappa shape index (κ2) is 6.64. The molecule has 2 heterocycles. The number of fused-ring (bicyclic) bond motifs is 1. The smallest absolute Gasteiger partial charge is 0.263 e. The zero-order chi connectivity index (χ0) is 15.6. The lowest BCUT2D eigenvalue weighted by molar-refractivity contribution is 0.0941. The number of amides is 1. The predicted octanol–water partition coefficient (Wildman–Crippen LogP) is 2.03. The molecular weight excluding hydrogens is 306 g/mol. The van der Waals surface area contributed by atoms with E-state index in [-0.39, 0.29) is 23.8 Å². The average Bonchev–Trinajstić information content (AvgIpc) is 2.76. The van der Waals surface area contributed by atoms with Gasteiger partial charge in [0.15, 0.2) is 0 Å². The van der Waals surface area contributed by atoms with Gasteiger partial charge in [-0.2, -0.15) is 11.8 Å². The molecule has 0 saturated heterocycles. The van der Waals surface area contributed by atoms with Crippen molar-refractivity contribution in [3.8, 4) is 0 Å². The largest absolute Gasteiger partial charge is 0.397 e. The molecule has 0 aliphatic rings. The van der Waals surface area contributed by atoms with Gasteiger partial charge >= 0.3 is 0 Å². The van der Waals surface area contributed by atoms with Crippen molar-refractivity contribution < 1.29 is 9.90 Å². The minimum absolute atomic E-state index is 0.0191. The Labute approximate surface area is 131 Å². The van der Waals surface area contributed by atoms with Crippen molar-refractivity contribution in [1.82, 2.24) is 10.3 Å². The van der Waals surface area contributed by atoms with Gasteiger partial charge in [-0.05, 0) is 32.2 Å². The quantitative estimate of drug-likeness (QED) is 0.783. The summed E-state index contributed by atoms with van der Waals surface area (Å²) in [6, 6.07) is 3.63. The maximum absolute atomic E-state index is 12.4. The first kappa shape index (κ1) is 16.1. The first-order valence-electron chi connectivity index (χ1n) is 6.58. The topological polar surface area (TPSA) is 88.2 Å². The number of thioether (sulfide) groups is 1. The molecule has 21 heavy (non-hydrogen) atoms. The number of nitrogens with two attached hydrogens (primary N) is 1. The van der Waals surface area contributed by atoms with Crippen LogP contribution in [0.5, 0.6) is 0 Å². The van der Waals surface area contributed by atoms with E-state index in [1.54, 1.807) is 0 Å². The molecule has 0 aromatic carbocycles. The van der Waals surface area contributed by atoms with Crippen LogP contribution in [0, 0.1) is 6.92 Å². The summed E-state index contributed by atoms with van der Waals surface area (Å²) >= 11 is 2.82. The molecule has 0 fully saturated rings. The van der Waals surface area contributed by atoms with Crippen molar-refractivity contribution in [2.24, 2.45) is 0 Å². The maximum atomic E-state index is 12.4. The summed E-state index contributed by atoms with van der Waals surface area (Å²) < 4.78 is 0. The van der Waals surface area contributed by atoms with E-state index < -0.39 is 0 Å². The van der Waals surface area contributed by atoms with E-state index in [1.165, 1.54) is 23.1 Å². The molecule has 0 aliphatic carbocycles. The molecular formula is C14H19N3O2S2. The number of anilines is 1. The van der Waals surface area contributed by atoms with E-state index in [0.29, 0.717) is 10.6 Å². The number of aliphatic hydroxyl groups excluding tert-OH is 1. The van der Waals surface area contributed by atoms with Gasteiger partial charge in [0.2, 0.25) is 0 Å². The van der Waals surface area contributed by atoms with Crippen molar-refractivity contribution in [1.29, 1.82) is 0 Å². The van der Waals surface area contributed by atoms with Crippen LogP contribution in [-0.2, 0) is 0 Å². The molecule has 2 atom stereocenters. The summed E-state index contributed by atoms with van der Waals surface area (Å²) in [4.78, 5) is 18.0. The number of rotatable bonds is 5. The van der Waals surface area contributed by atoms with Crippen LogP contribution in [0.25, 0.3) is 10.2 Å². The number of carbonyl (C=O) groups excluding carboxylic acids is 1. The lowest BCUT2D eigenvalue weighted by Gasteiger charge is -2.21. The molecule has 114 valence electrons. The Bertz CT molecular complexity index is 653. The van der Waals surface area contributed by atoms with E-state index in [1.807, 2.05) is 32.2 Å². The van der Waals surface area contributed by atoms with Gasteiger partial charge in [0.05, 0.1) is 12.3 Å². The Morgan fingerprint density at radius 2 is 2.29 bits per heavy atom. The summed E-state index contributed by atoms with van der Waals surface area (Å²) in [7, 11) is 0. The minimum atomic E-state index is -0.215. The molecule has 2 aromatic heterocycles. The Hall–Kier alpha value is -1.31. The van der Waals surface area contributed by atoms with Crippen molar-refractivity contribution in [2.75, 3.05) is 18.6 Å². The van der Waals surface area contributed by atoms with Gasteiger partial charge in [0.25, 0.3) is 5.91 Å². The van der Waals surface area contributed by atoms with Gasteiger partial charge in [-0.3, -0.25) is 4.79 Å². The number of carbonyl (C=O) groups is 1. The number of nitrogen functional groups attached to an aromatic ring is 1. The third-order valence-electron chi connectivity index (χ3n) is 3.34. The molecule has 2 unspecified atom stereocenters. The van der Waals surface area contributed by atoms with Crippen LogP contribution in [0.2, 0.25) is 0 Å². The van der Waals surface area contributed by atoms with Crippen LogP contribution in [0.4, 0.5) is 5.69 Å². The third kappa shape index (κ3) is 3.30. The SMILES string of the molecule is CSC(CO)C(C)NC(=O)c1sc2nc(C)ccc2c1N. The highest BCUT2D eigenvalue weighted by Gasteiger charge is 2.22. The van der Waals surface area contributed by atoms with Crippen molar-refractivity contribution >= 4 is 44.9 Å². The number of hydrogen-bond acceptors (Lipinski definition) is 6. The molecule has 4 N–H and O–H groups in total. The summed E-state index contributed by atoms with van der Waals surface area (Å²) in [5, 5.41) is 12.9. The number of aliphatic hydroxyl groups is 1. The highest BCUT2D eigenvalue weighted by atomic mass is 32.2. The molecule has 5 nitrogen and oxygen atoms in total. The molecule has 1 amide bonds. The van der Waals surface area contributed by atoms with Crippen LogP contribution in [0.1, 0.15) is 22.3 Å². The minimum Gasteiger partial charge on any atom is -0.397 e. The van der Waals surface area contributed by atoms with Crippen LogP contribution in [0.3, 0.4) is 0 Å². The number of aryl methyl sites for hydroxylation is 1.